The van der Waals surface area contributed by atoms with E-state index in [-0.39, 0.29) is 27.6 Å². The van der Waals surface area contributed by atoms with E-state index in [9.17, 15) is 14.4 Å². The Hall–Kier alpha value is -2.07. The highest BCUT2D eigenvalue weighted by molar-refractivity contribution is 5.77. The molecule has 0 bridgehead atoms. The summed E-state index contributed by atoms with van der Waals surface area (Å²) in [5.41, 5.74) is -1.82. The first-order valence-corrected chi connectivity index (χ1v) is 15.5. The van der Waals surface area contributed by atoms with E-state index in [4.69, 9.17) is 24.4 Å². The van der Waals surface area contributed by atoms with E-state index in [1.54, 1.807) is 46.4 Å². The standard InChI is InChI=1S/C13H25NO3.C10H18O5.C9H18O.2CH4/c1-10-9-14(7-5-11(10)6-8-15)12(16)17-13(2,3)4;1-9(2,3)14-7(11)13-8(12)15-10(4,5)6;1-8-4-2-3-5-9(8)6-7-10;;/h10-11,15H,5-9H2,1-4H3;1-6H3;8-10H,2-7H2,1H3;2*1H4. The summed E-state index contributed by atoms with van der Waals surface area (Å²) < 4.78 is 19.2. The van der Waals surface area contributed by atoms with Gasteiger partial charge in [-0.3, -0.25) is 0 Å². The fourth-order valence-electron chi connectivity index (χ4n) is 4.88. The molecule has 0 aromatic heterocycles. The molecule has 2 rings (SSSR count). The smallest absolute Gasteiger partial charge is 0.444 e. The van der Waals surface area contributed by atoms with Gasteiger partial charge in [0.25, 0.3) is 0 Å². The molecule has 10 heteroatoms. The second-order valence-corrected chi connectivity index (χ2v) is 14.5. The second-order valence-electron chi connectivity index (χ2n) is 14.5. The molecule has 2 N–H and O–H groups in total. The number of carbonyl (C=O) groups excluding carboxylic acids is 3. The van der Waals surface area contributed by atoms with E-state index < -0.39 is 29.1 Å². The molecular formula is C34H69NO9. The number of aliphatic hydroxyl groups excluding tert-OH is 2. The molecule has 1 saturated heterocycles. The van der Waals surface area contributed by atoms with Gasteiger partial charge in [0.15, 0.2) is 0 Å². The summed E-state index contributed by atoms with van der Waals surface area (Å²) in [4.78, 5) is 35.7. The number of rotatable bonds is 4. The van der Waals surface area contributed by atoms with Crippen molar-refractivity contribution in [1.29, 1.82) is 0 Å². The monoisotopic (exact) mass is 635 g/mol. The number of likely N-dealkylation sites (tertiary alicyclic amines) is 1. The molecule has 0 aromatic carbocycles. The molecule has 44 heavy (non-hydrogen) atoms. The third-order valence-corrected chi connectivity index (χ3v) is 6.97. The number of nitrogens with zero attached hydrogens (tertiary/aromatic N) is 1. The Kier molecular flexibility index (Phi) is 22.8. The first kappa shape index (κ1) is 46.3. The molecule has 1 amide bonds. The van der Waals surface area contributed by atoms with Crippen LogP contribution in [0.25, 0.3) is 0 Å². The molecule has 264 valence electrons. The zero-order valence-electron chi connectivity index (χ0n) is 28.3. The third kappa shape index (κ3) is 23.3. The topological polar surface area (TPSA) is 132 Å². The number of hydrogen-bond acceptors (Lipinski definition) is 9. The fraction of sp³-hybridized carbons (Fsp3) is 0.912. The minimum Gasteiger partial charge on any atom is -0.444 e. The zero-order valence-corrected chi connectivity index (χ0v) is 28.3. The van der Waals surface area contributed by atoms with Crippen molar-refractivity contribution >= 4 is 18.4 Å². The van der Waals surface area contributed by atoms with E-state index >= 15 is 0 Å². The highest BCUT2D eigenvalue weighted by Gasteiger charge is 2.31. The van der Waals surface area contributed by atoms with Crippen molar-refractivity contribution in [2.75, 3.05) is 26.3 Å². The van der Waals surface area contributed by atoms with Crippen LogP contribution in [-0.2, 0) is 18.9 Å². The van der Waals surface area contributed by atoms with Crippen LogP contribution < -0.4 is 0 Å². The van der Waals surface area contributed by atoms with Crippen LogP contribution >= 0.6 is 0 Å². The summed E-state index contributed by atoms with van der Waals surface area (Å²) in [6, 6.07) is 0. The van der Waals surface area contributed by atoms with Crippen molar-refractivity contribution in [2.24, 2.45) is 23.7 Å². The molecule has 0 radical (unpaired) electrons. The van der Waals surface area contributed by atoms with Crippen molar-refractivity contribution in [2.45, 2.75) is 153 Å². The van der Waals surface area contributed by atoms with Crippen LogP contribution in [-0.4, -0.2) is 76.6 Å². The van der Waals surface area contributed by atoms with E-state index in [2.05, 4.69) is 18.6 Å². The minimum atomic E-state index is -1.06. The van der Waals surface area contributed by atoms with Gasteiger partial charge in [-0.05, 0) is 105 Å². The number of hydrogen-bond donors (Lipinski definition) is 2. The van der Waals surface area contributed by atoms with Crippen LogP contribution in [0.2, 0.25) is 0 Å². The lowest BCUT2D eigenvalue weighted by molar-refractivity contribution is -0.0294. The summed E-state index contributed by atoms with van der Waals surface area (Å²) in [5, 5.41) is 17.7. The number of aliphatic hydroxyl groups is 2. The maximum atomic E-state index is 11.9. The van der Waals surface area contributed by atoms with Crippen molar-refractivity contribution in [1.82, 2.24) is 4.90 Å². The minimum absolute atomic E-state index is 0. The van der Waals surface area contributed by atoms with Gasteiger partial charge >= 0.3 is 18.4 Å². The summed E-state index contributed by atoms with van der Waals surface area (Å²) >= 11 is 0. The summed E-state index contributed by atoms with van der Waals surface area (Å²) in [6.07, 6.45) is 6.01. The molecule has 1 aliphatic carbocycles. The quantitative estimate of drug-likeness (QED) is 0.177. The molecule has 1 heterocycles. The first-order chi connectivity index (χ1) is 19.2. The molecule has 0 aromatic rings. The van der Waals surface area contributed by atoms with Crippen LogP contribution in [0.15, 0.2) is 0 Å². The van der Waals surface area contributed by atoms with Crippen LogP contribution in [0, 0.1) is 23.7 Å². The van der Waals surface area contributed by atoms with Gasteiger partial charge in [0.05, 0.1) is 0 Å². The Morgan fingerprint density at radius 3 is 1.43 bits per heavy atom. The molecule has 10 nitrogen and oxygen atoms in total. The number of piperidine rings is 1. The average molecular weight is 636 g/mol. The van der Waals surface area contributed by atoms with Gasteiger partial charge in [-0.25, -0.2) is 14.4 Å². The van der Waals surface area contributed by atoms with Crippen LogP contribution in [0.3, 0.4) is 0 Å². The number of ether oxygens (including phenoxy) is 4. The average Bonchev–Trinajstić information content (AvgIpc) is 2.79. The number of amides is 1. The van der Waals surface area contributed by atoms with Gasteiger partial charge < -0.3 is 34.1 Å². The molecule has 4 unspecified atom stereocenters. The van der Waals surface area contributed by atoms with Crippen LogP contribution in [0.4, 0.5) is 14.4 Å². The Bertz CT molecular complexity index is 768. The molecule has 4 atom stereocenters. The Morgan fingerprint density at radius 2 is 1.07 bits per heavy atom. The predicted molar refractivity (Wildman–Crippen MR) is 177 cm³/mol. The normalized spacial score (nSPS) is 21.8. The molecular weight excluding hydrogens is 566 g/mol. The van der Waals surface area contributed by atoms with E-state index in [1.807, 2.05) is 20.8 Å². The number of carbonyl (C=O) groups is 3. The Balaban J connectivity index is -0.000000577. The Morgan fingerprint density at radius 1 is 0.659 bits per heavy atom. The van der Waals surface area contributed by atoms with E-state index in [0.717, 1.165) is 44.2 Å². The summed E-state index contributed by atoms with van der Waals surface area (Å²) in [6.45, 7) is 22.2. The predicted octanol–water partition coefficient (Wildman–Crippen LogP) is 8.60. The highest BCUT2D eigenvalue weighted by atomic mass is 16.8. The molecule has 0 spiro atoms. The van der Waals surface area contributed by atoms with E-state index in [1.165, 1.54) is 25.7 Å². The van der Waals surface area contributed by atoms with Crippen molar-refractivity contribution < 1.29 is 43.5 Å². The second kappa shape index (κ2) is 21.6. The maximum absolute atomic E-state index is 11.9. The van der Waals surface area contributed by atoms with Crippen molar-refractivity contribution in [3.8, 4) is 0 Å². The summed E-state index contributed by atoms with van der Waals surface area (Å²) in [7, 11) is 0. The van der Waals surface area contributed by atoms with Gasteiger partial charge in [0.1, 0.15) is 16.8 Å². The van der Waals surface area contributed by atoms with Crippen LogP contribution in [0.5, 0.6) is 0 Å². The molecule has 1 aliphatic heterocycles. The first-order valence-electron chi connectivity index (χ1n) is 15.5. The molecule has 2 aliphatic rings. The fourth-order valence-corrected chi connectivity index (χ4v) is 4.88. The van der Waals surface area contributed by atoms with Gasteiger partial charge in [-0.1, -0.05) is 54.4 Å². The Labute approximate surface area is 269 Å². The van der Waals surface area contributed by atoms with Gasteiger partial charge in [-0.2, -0.15) is 0 Å². The van der Waals surface area contributed by atoms with Crippen LogP contribution in [0.1, 0.15) is 136 Å². The highest BCUT2D eigenvalue weighted by Crippen LogP contribution is 2.31. The maximum Gasteiger partial charge on any atom is 0.519 e. The lowest BCUT2D eigenvalue weighted by Gasteiger charge is -2.37. The van der Waals surface area contributed by atoms with Gasteiger partial charge in [0.2, 0.25) is 0 Å². The van der Waals surface area contributed by atoms with Crippen molar-refractivity contribution in [3.05, 3.63) is 0 Å². The van der Waals surface area contributed by atoms with E-state index in [0.29, 0.717) is 18.4 Å². The zero-order chi connectivity index (χ0) is 32.7. The lowest BCUT2D eigenvalue weighted by atomic mass is 9.79. The molecule has 1 saturated carbocycles. The SMILES string of the molecule is C.C.CC(C)(C)OC(=O)OC(=O)OC(C)(C)C.CC1CCCCC1CCO.CC1CN(C(=O)OC(C)(C)C)CCC1CCO. The van der Waals surface area contributed by atoms with Crippen molar-refractivity contribution in [3.63, 3.8) is 0 Å². The lowest BCUT2D eigenvalue weighted by Crippen LogP contribution is -2.45. The van der Waals surface area contributed by atoms with Gasteiger partial charge in [0, 0.05) is 26.3 Å². The molecule has 2 fully saturated rings. The third-order valence-electron chi connectivity index (χ3n) is 6.97. The van der Waals surface area contributed by atoms with Gasteiger partial charge in [-0.15, -0.1) is 0 Å². The largest absolute Gasteiger partial charge is 0.519 e. The summed E-state index contributed by atoms with van der Waals surface area (Å²) in [5.74, 6) is 2.64.